The molecule has 3 aliphatic heterocycles. The van der Waals surface area contributed by atoms with Crippen molar-refractivity contribution in [1.29, 1.82) is 0 Å². The van der Waals surface area contributed by atoms with Crippen LogP contribution in [0.1, 0.15) is 42.5 Å². The van der Waals surface area contributed by atoms with Gasteiger partial charge in [-0.25, -0.2) is 0 Å². The molecular weight excluding hydrogens is 742 g/mol. The van der Waals surface area contributed by atoms with Crippen molar-refractivity contribution in [1.82, 2.24) is 10.2 Å². The van der Waals surface area contributed by atoms with Crippen LogP contribution < -0.4 is 15.0 Å². The number of hydrogen-bond donors (Lipinski definition) is 2. The summed E-state index contributed by atoms with van der Waals surface area (Å²) in [5.74, 6) is -3.25. The van der Waals surface area contributed by atoms with Gasteiger partial charge in [0, 0.05) is 23.5 Å². The molecule has 278 valence electrons. The number of hydrogen-bond acceptors (Lipinski definition) is 8. The molecule has 2 bridgehead atoms. The lowest BCUT2D eigenvalue weighted by Crippen LogP contribution is -2.57. The second kappa shape index (κ2) is 16.5. The van der Waals surface area contributed by atoms with Crippen LogP contribution in [0.4, 0.5) is 5.69 Å². The van der Waals surface area contributed by atoms with Crippen molar-refractivity contribution in [3.05, 3.63) is 121 Å². The van der Waals surface area contributed by atoms with E-state index in [-0.39, 0.29) is 30.8 Å². The average molecular weight is 787 g/mol. The molecule has 1 unspecified atom stereocenters. The van der Waals surface area contributed by atoms with E-state index in [1.54, 1.807) is 67.8 Å². The molecule has 3 heterocycles. The van der Waals surface area contributed by atoms with Crippen LogP contribution in [0.2, 0.25) is 0 Å². The molecule has 3 saturated heterocycles. The lowest BCUT2D eigenvalue weighted by molar-refractivity contribution is -0.146. The van der Waals surface area contributed by atoms with Crippen LogP contribution in [-0.2, 0) is 28.7 Å². The first-order valence-electron chi connectivity index (χ1n) is 17.7. The number of halogens is 1. The van der Waals surface area contributed by atoms with Crippen molar-refractivity contribution in [2.45, 2.75) is 53.9 Å². The second-order valence-corrected chi connectivity index (χ2v) is 14.6. The summed E-state index contributed by atoms with van der Waals surface area (Å²) in [5, 5.41) is 14.0. The monoisotopic (exact) mass is 785 g/mol. The number of esters is 1. The van der Waals surface area contributed by atoms with Crippen LogP contribution in [0.15, 0.2) is 110 Å². The number of ether oxygens (including phenoxy) is 3. The van der Waals surface area contributed by atoms with Gasteiger partial charge in [-0.1, -0.05) is 88.7 Å². The van der Waals surface area contributed by atoms with E-state index in [0.717, 1.165) is 0 Å². The van der Waals surface area contributed by atoms with Crippen molar-refractivity contribution >= 4 is 45.3 Å². The first-order valence-corrected chi connectivity index (χ1v) is 18.6. The number of anilines is 1. The van der Waals surface area contributed by atoms with Crippen LogP contribution in [0.5, 0.6) is 5.75 Å². The van der Waals surface area contributed by atoms with E-state index in [0.29, 0.717) is 29.0 Å². The number of methoxy groups -OCH3 is 1. The molecule has 0 radical (unpaired) electrons. The predicted molar refractivity (Wildman–Crippen MR) is 202 cm³/mol. The van der Waals surface area contributed by atoms with Crippen LogP contribution in [-0.4, -0.2) is 83.1 Å². The number of nitrogens with one attached hydrogen (secondary N) is 1. The molecule has 12 heteroatoms. The van der Waals surface area contributed by atoms with Crippen molar-refractivity contribution in [2.24, 2.45) is 11.8 Å². The van der Waals surface area contributed by atoms with Crippen molar-refractivity contribution in [3.63, 3.8) is 0 Å². The van der Waals surface area contributed by atoms with Gasteiger partial charge in [-0.05, 0) is 48.2 Å². The second-order valence-electron chi connectivity index (χ2n) is 13.4. The highest BCUT2D eigenvalue weighted by Crippen LogP contribution is 2.61. The van der Waals surface area contributed by atoms with Gasteiger partial charge >= 0.3 is 5.97 Å². The quantitative estimate of drug-likeness (QED) is 0.117. The molecule has 53 heavy (non-hydrogen) atoms. The predicted octanol–water partition coefficient (Wildman–Crippen LogP) is 5.06. The van der Waals surface area contributed by atoms with Gasteiger partial charge < -0.3 is 34.4 Å². The fraction of sp³-hybridized carbons (Fsp3) is 0.366. The molecular formula is C41H44BrN3O8. The van der Waals surface area contributed by atoms with Gasteiger partial charge in [0.05, 0.1) is 43.7 Å². The van der Waals surface area contributed by atoms with Crippen molar-refractivity contribution in [3.8, 4) is 5.75 Å². The van der Waals surface area contributed by atoms with Crippen molar-refractivity contribution < 1.29 is 38.5 Å². The molecule has 8 atom stereocenters. The highest BCUT2D eigenvalue weighted by molar-refractivity contribution is 9.09. The number of nitrogens with zero attached hydrogens (tertiary/aromatic N) is 2. The number of rotatable bonds is 16. The Morgan fingerprint density at radius 1 is 1.04 bits per heavy atom. The molecule has 0 aromatic heterocycles. The molecule has 3 aromatic rings. The summed E-state index contributed by atoms with van der Waals surface area (Å²) in [6, 6.07) is 22.3. The number of aliphatic hydroxyl groups excluding tert-OH is 1. The highest BCUT2D eigenvalue weighted by atomic mass is 79.9. The molecule has 3 aliphatic rings. The topological polar surface area (TPSA) is 135 Å². The van der Waals surface area contributed by atoms with Gasteiger partial charge in [0.1, 0.15) is 24.0 Å². The van der Waals surface area contributed by atoms with Crippen LogP contribution in [0, 0.1) is 11.8 Å². The van der Waals surface area contributed by atoms with E-state index in [4.69, 9.17) is 14.2 Å². The first kappa shape index (κ1) is 38.0. The molecule has 0 aliphatic carbocycles. The molecule has 3 amide bonds. The number of likely N-dealkylation sites (tertiary alicyclic amines) is 1. The number of amides is 3. The largest absolute Gasteiger partial charge is 0.497 e. The standard InChI is InChI=1S/C41H44BrN3O8/c1-4-6-17-33(47)52-25-31(26-13-9-7-10-14-26)43-38(48)34-35-39(49)45(32(24-46)27-15-11-8-12-16-27)37(41(35)23-30(42)36(34)53-41)40(50)44(22-5-2)28-18-20-29(51-3)21-19-28/h4-5,7-16,18-21,30-32,34-37,46H,1-2,6,17,22-25H2,3H3,(H,43,48)/t30?,31-,32+,34-,35+,36-,37-,41+/m0/s1. The molecule has 1 spiro atoms. The van der Waals surface area contributed by atoms with Gasteiger partial charge in [0.15, 0.2) is 0 Å². The maximum Gasteiger partial charge on any atom is 0.306 e. The molecule has 11 nitrogen and oxygen atoms in total. The Balaban J connectivity index is 1.39. The SMILES string of the molecule is C=CCCC(=O)OC[C@H](NC(=O)[C@@H]1[C@H]2O[C@@]3(CC2Br)[C@H](C(=O)N(CC=C)c2ccc(OC)cc2)N([C@H](CO)c2ccccc2)C(=O)[C@@H]13)c1ccccc1. The Morgan fingerprint density at radius 2 is 1.70 bits per heavy atom. The highest BCUT2D eigenvalue weighted by Gasteiger charge is 2.77. The number of allylic oxidation sites excluding steroid dienone is 1. The Labute approximate surface area is 317 Å². The number of benzene rings is 3. The summed E-state index contributed by atoms with van der Waals surface area (Å²) in [6.45, 7) is 7.06. The zero-order valence-corrected chi connectivity index (χ0v) is 31.1. The van der Waals surface area contributed by atoms with E-state index in [1.165, 1.54) is 9.80 Å². The Morgan fingerprint density at radius 3 is 2.30 bits per heavy atom. The minimum absolute atomic E-state index is 0.120. The third-order valence-electron chi connectivity index (χ3n) is 10.4. The lowest BCUT2D eigenvalue weighted by atomic mass is 9.70. The van der Waals surface area contributed by atoms with Crippen LogP contribution >= 0.6 is 15.9 Å². The summed E-state index contributed by atoms with van der Waals surface area (Å²) in [5.41, 5.74) is 0.477. The summed E-state index contributed by atoms with van der Waals surface area (Å²) in [7, 11) is 1.55. The molecule has 3 fully saturated rings. The summed E-state index contributed by atoms with van der Waals surface area (Å²) < 4.78 is 17.7. The van der Waals surface area contributed by atoms with Gasteiger partial charge in [0.25, 0.3) is 5.91 Å². The summed E-state index contributed by atoms with van der Waals surface area (Å²) in [4.78, 5) is 59.8. The molecule has 2 N–H and O–H groups in total. The third-order valence-corrected chi connectivity index (χ3v) is 11.2. The molecule has 3 aromatic carbocycles. The number of aliphatic hydroxyl groups is 1. The number of carbonyl (C=O) groups is 4. The lowest BCUT2D eigenvalue weighted by Gasteiger charge is -2.39. The zero-order valence-electron chi connectivity index (χ0n) is 29.5. The average Bonchev–Trinajstić information content (AvgIpc) is 3.78. The van der Waals surface area contributed by atoms with E-state index in [2.05, 4.69) is 34.4 Å². The smallest absolute Gasteiger partial charge is 0.306 e. The van der Waals surface area contributed by atoms with E-state index in [1.807, 2.05) is 36.4 Å². The normalized spacial score (nSPS) is 25.2. The van der Waals surface area contributed by atoms with Crippen molar-refractivity contribution in [2.75, 3.05) is 31.8 Å². The van der Waals surface area contributed by atoms with Crippen LogP contribution in [0.25, 0.3) is 0 Å². The maximum atomic E-state index is 15.1. The van der Waals surface area contributed by atoms with Gasteiger partial charge in [-0.3, -0.25) is 19.2 Å². The van der Waals surface area contributed by atoms with Crippen LogP contribution in [0.3, 0.4) is 0 Å². The van der Waals surface area contributed by atoms with Gasteiger partial charge in [-0.2, -0.15) is 0 Å². The number of fused-ring (bicyclic) bond motifs is 1. The maximum absolute atomic E-state index is 15.1. The Kier molecular flexibility index (Phi) is 11.8. The first-order chi connectivity index (χ1) is 25.7. The fourth-order valence-corrected chi connectivity index (χ4v) is 8.96. The zero-order chi connectivity index (χ0) is 37.7. The van der Waals surface area contributed by atoms with E-state index >= 15 is 9.59 Å². The summed E-state index contributed by atoms with van der Waals surface area (Å²) in [6.07, 6.45) is 3.37. The van der Waals surface area contributed by atoms with Gasteiger partial charge in [-0.15, -0.1) is 13.2 Å². The molecule has 6 rings (SSSR count). The van der Waals surface area contributed by atoms with E-state index < -0.39 is 72.0 Å². The minimum Gasteiger partial charge on any atom is -0.497 e. The van der Waals surface area contributed by atoms with E-state index in [9.17, 15) is 14.7 Å². The number of alkyl halides is 1. The third kappa shape index (κ3) is 7.27. The minimum atomic E-state index is -1.41. The Hall–Kier alpha value is -4.78. The summed E-state index contributed by atoms with van der Waals surface area (Å²) >= 11 is 3.75. The number of carbonyl (C=O) groups excluding carboxylic acids is 4. The Bertz CT molecular complexity index is 1810. The van der Waals surface area contributed by atoms with Gasteiger partial charge in [0.2, 0.25) is 11.8 Å². The fourth-order valence-electron chi connectivity index (χ4n) is 8.02. The molecule has 0 saturated carbocycles.